The van der Waals surface area contributed by atoms with Crippen LogP contribution in [0.4, 0.5) is 5.69 Å². The maximum absolute atomic E-state index is 12.3. The number of nitrogens with zero attached hydrogens (tertiary/aromatic N) is 1. The molecule has 0 bridgehead atoms. The Hall–Kier alpha value is -1.96. The lowest BCUT2D eigenvalue weighted by Gasteiger charge is -2.12. The fourth-order valence-electron chi connectivity index (χ4n) is 2.61. The molecule has 3 rings (SSSR count). The first-order chi connectivity index (χ1) is 9.97. The Morgan fingerprint density at radius 2 is 2.00 bits per heavy atom. The van der Waals surface area contributed by atoms with Crippen molar-refractivity contribution in [1.29, 1.82) is 0 Å². The molecule has 1 aliphatic rings. The number of carbonyl (C=O) groups is 1. The molecule has 0 fully saturated rings. The Labute approximate surface area is 122 Å². The highest BCUT2D eigenvalue weighted by Gasteiger charge is 2.29. The largest absolute Gasteiger partial charge is 0.329 e. The second kappa shape index (κ2) is 4.80. The van der Waals surface area contributed by atoms with Gasteiger partial charge >= 0.3 is 0 Å². The number of nitrogens with one attached hydrogen (secondary N) is 1. The zero-order valence-electron chi connectivity index (χ0n) is 11.5. The van der Waals surface area contributed by atoms with E-state index in [4.69, 9.17) is 5.73 Å². The van der Waals surface area contributed by atoms with Crippen molar-refractivity contribution in [3.05, 3.63) is 35.9 Å². The van der Waals surface area contributed by atoms with E-state index in [1.165, 1.54) is 11.0 Å². The van der Waals surface area contributed by atoms with Gasteiger partial charge in [-0.15, -0.1) is 0 Å². The number of sulfonamides is 1. The Morgan fingerprint density at radius 1 is 1.24 bits per heavy atom. The highest BCUT2D eigenvalue weighted by molar-refractivity contribution is 7.89. The van der Waals surface area contributed by atoms with E-state index in [2.05, 4.69) is 4.72 Å². The molecule has 1 heterocycles. The van der Waals surface area contributed by atoms with Gasteiger partial charge in [0.2, 0.25) is 10.0 Å². The van der Waals surface area contributed by atoms with E-state index < -0.39 is 10.0 Å². The summed E-state index contributed by atoms with van der Waals surface area (Å²) in [6.07, 6.45) is 0. The lowest BCUT2D eigenvalue weighted by molar-refractivity contribution is 0.0999. The monoisotopic (exact) mass is 305 g/mol. The van der Waals surface area contributed by atoms with Crippen LogP contribution in [0.1, 0.15) is 10.4 Å². The fourth-order valence-corrected chi connectivity index (χ4v) is 3.86. The molecule has 2 aromatic rings. The average molecular weight is 305 g/mol. The number of anilines is 1. The smallest absolute Gasteiger partial charge is 0.258 e. The van der Waals surface area contributed by atoms with E-state index in [0.717, 1.165) is 5.69 Å². The lowest BCUT2D eigenvalue weighted by Crippen LogP contribution is -2.29. The predicted octanol–water partition coefficient (Wildman–Crippen LogP) is 0.667. The van der Waals surface area contributed by atoms with Crippen molar-refractivity contribution < 1.29 is 13.2 Å². The number of amides is 1. The van der Waals surface area contributed by atoms with Crippen molar-refractivity contribution in [3.63, 3.8) is 0 Å². The number of hydrogen-bond acceptors (Lipinski definition) is 4. The Bertz CT molecular complexity index is 846. The molecule has 0 aliphatic carbocycles. The molecule has 110 valence electrons. The molecule has 1 aliphatic heterocycles. The van der Waals surface area contributed by atoms with Gasteiger partial charge in [-0.3, -0.25) is 4.79 Å². The van der Waals surface area contributed by atoms with Crippen LogP contribution in [0.5, 0.6) is 0 Å². The second-order valence-electron chi connectivity index (χ2n) is 4.86. The highest BCUT2D eigenvalue weighted by atomic mass is 32.2. The molecule has 2 aromatic carbocycles. The number of benzene rings is 2. The first kappa shape index (κ1) is 14.0. The quantitative estimate of drug-likeness (QED) is 0.868. The van der Waals surface area contributed by atoms with E-state index in [1.807, 2.05) is 0 Å². The van der Waals surface area contributed by atoms with Crippen molar-refractivity contribution in [1.82, 2.24) is 4.72 Å². The average Bonchev–Trinajstić information content (AvgIpc) is 2.72. The van der Waals surface area contributed by atoms with Crippen LogP contribution in [0, 0.1) is 0 Å². The molecule has 21 heavy (non-hydrogen) atoms. The SMILES string of the molecule is CN1C(=O)c2cccc3c(S(=O)(=O)NCCN)ccc1c23. The van der Waals surface area contributed by atoms with Crippen LogP contribution >= 0.6 is 0 Å². The minimum Gasteiger partial charge on any atom is -0.329 e. The molecule has 0 saturated carbocycles. The third-order valence-electron chi connectivity index (χ3n) is 3.60. The van der Waals surface area contributed by atoms with Gasteiger partial charge in [0.1, 0.15) is 0 Å². The fraction of sp³-hybridized carbons (Fsp3) is 0.214. The summed E-state index contributed by atoms with van der Waals surface area (Å²) in [6.45, 7) is 0.395. The molecular formula is C14H15N3O3S. The van der Waals surface area contributed by atoms with Gasteiger partial charge in [0, 0.05) is 36.5 Å². The van der Waals surface area contributed by atoms with Crippen molar-refractivity contribution in [2.24, 2.45) is 5.73 Å². The van der Waals surface area contributed by atoms with Gasteiger partial charge in [-0.25, -0.2) is 13.1 Å². The van der Waals surface area contributed by atoms with Gasteiger partial charge in [-0.1, -0.05) is 12.1 Å². The molecule has 0 aromatic heterocycles. The predicted molar refractivity (Wildman–Crippen MR) is 80.9 cm³/mol. The van der Waals surface area contributed by atoms with Gasteiger partial charge in [0.15, 0.2) is 0 Å². The number of hydrogen-bond donors (Lipinski definition) is 2. The van der Waals surface area contributed by atoms with Crippen LogP contribution in [0.3, 0.4) is 0 Å². The molecule has 0 atom stereocenters. The number of nitrogens with two attached hydrogens (primary N) is 1. The summed E-state index contributed by atoms with van der Waals surface area (Å²) in [4.78, 5) is 13.9. The molecule has 1 amide bonds. The molecule has 0 unspecified atom stereocenters. The molecule has 0 saturated heterocycles. The van der Waals surface area contributed by atoms with Crippen LogP contribution in [0.25, 0.3) is 10.8 Å². The van der Waals surface area contributed by atoms with Gasteiger partial charge in [0.25, 0.3) is 5.91 Å². The first-order valence-electron chi connectivity index (χ1n) is 6.51. The topological polar surface area (TPSA) is 92.5 Å². The summed E-state index contributed by atoms with van der Waals surface area (Å²) < 4.78 is 27.1. The Kier molecular flexibility index (Phi) is 3.20. The van der Waals surface area contributed by atoms with E-state index >= 15 is 0 Å². The lowest BCUT2D eigenvalue weighted by atomic mass is 10.1. The standard InChI is InChI=1S/C14H15N3O3S/c1-17-11-5-6-12(21(19,20)16-8-7-15)9-3-2-4-10(13(9)11)14(17)18/h2-6,16H,7-8,15H2,1H3. The molecule has 7 heteroatoms. The van der Waals surface area contributed by atoms with Crippen molar-refractivity contribution in [2.75, 3.05) is 25.0 Å². The number of rotatable bonds is 4. The maximum atomic E-state index is 12.3. The van der Waals surface area contributed by atoms with Crippen molar-refractivity contribution >= 4 is 32.4 Å². The summed E-state index contributed by atoms with van der Waals surface area (Å²) >= 11 is 0. The molecule has 0 radical (unpaired) electrons. The van der Waals surface area contributed by atoms with Gasteiger partial charge in [0.05, 0.1) is 10.6 Å². The third kappa shape index (κ3) is 2.01. The normalized spacial score (nSPS) is 14.2. The van der Waals surface area contributed by atoms with Crippen LogP contribution in [0.2, 0.25) is 0 Å². The van der Waals surface area contributed by atoms with Crippen LogP contribution < -0.4 is 15.4 Å². The first-order valence-corrected chi connectivity index (χ1v) is 7.99. The van der Waals surface area contributed by atoms with E-state index in [1.54, 1.807) is 31.3 Å². The second-order valence-corrected chi connectivity index (χ2v) is 6.60. The molecule has 0 spiro atoms. The molecule has 3 N–H and O–H groups in total. The van der Waals surface area contributed by atoms with E-state index in [9.17, 15) is 13.2 Å². The van der Waals surface area contributed by atoms with Crippen LogP contribution in [0.15, 0.2) is 35.2 Å². The van der Waals surface area contributed by atoms with E-state index in [-0.39, 0.29) is 23.9 Å². The highest BCUT2D eigenvalue weighted by Crippen LogP contribution is 2.39. The van der Waals surface area contributed by atoms with Crippen molar-refractivity contribution in [3.8, 4) is 0 Å². The zero-order chi connectivity index (χ0) is 15.2. The molecular weight excluding hydrogens is 290 g/mol. The summed E-state index contributed by atoms with van der Waals surface area (Å²) in [5.74, 6) is -0.125. The summed E-state index contributed by atoms with van der Waals surface area (Å²) in [5.41, 5.74) is 6.60. The summed E-state index contributed by atoms with van der Waals surface area (Å²) in [6, 6.07) is 8.30. The van der Waals surface area contributed by atoms with Crippen molar-refractivity contribution in [2.45, 2.75) is 4.90 Å². The van der Waals surface area contributed by atoms with Gasteiger partial charge < -0.3 is 10.6 Å². The third-order valence-corrected chi connectivity index (χ3v) is 5.12. The Balaban J connectivity index is 2.28. The Morgan fingerprint density at radius 3 is 2.71 bits per heavy atom. The van der Waals surface area contributed by atoms with Gasteiger partial charge in [-0.2, -0.15) is 0 Å². The van der Waals surface area contributed by atoms with E-state index in [0.29, 0.717) is 16.3 Å². The van der Waals surface area contributed by atoms with Crippen LogP contribution in [-0.4, -0.2) is 34.5 Å². The molecule has 6 nitrogen and oxygen atoms in total. The number of carbonyl (C=O) groups excluding carboxylic acids is 1. The zero-order valence-corrected chi connectivity index (χ0v) is 12.3. The summed E-state index contributed by atoms with van der Waals surface area (Å²) in [5, 5.41) is 1.23. The maximum Gasteiger partial charge on any atom is 0.258 e. The van der Waals surface area contributed by atoms with Gasteiger partial charge in [-0.05, 0) is 18.2 Å². The van der Waals surface area contributed by atoms with Crippen LogP contribution in [-0.2, 0) is 10.0 Å². The minimum absolute atomic E-state index is 0.125. The minimum atomic E-state index is -3.65. The summed E-state index contributed by atoms with van der Waals surface area (Å²) in [7, 11) is -1.97.